The van der Waals surface area contributed by atoms with Crippen molar-refractivity contribution >= 4 is 72.6 Å². The number of nitrogens with one attached hydrogen (secondary N) is 1. The second kappa shape index (κ2) is 10.8. The highest BCUT2D eigenvalue weighted by Crippen LogP contribution is 2.46. The van der Waals surface area contributed by atoms with E-state index in [0.717, 1.165) is 47.1 Å². The number of nitrogens with zero attached hydrogens (tertiary/aromatic N) is 1. The number of halogens is 5. The fourth-order valence-electron chi connectivity index (χ4n) is 2.88. The van der Waals surface area contributed by atoms with Crippen LogP contribution in [0.2, 0.25) is 0 Å². The lowest BCUT2D eigenvalue weighted by atomic mass is 9.90. The van der Waals surface area contributed by atoms with E-state index in [-0.39, 0.29) is 30.6 Å². The number of aromatic hydroxyl groups is 1. The van der Waals surface area contributed by atoms with E-state index >= 15 is 0 Å². The molecule has 0 bridgehead atoms. The zero-order valence-electron chi connectivity index (χ0n) is 13.1. The van der Waals surface area contributed by atoms with Crippen molar-refractivity contribution in [3.8, 4) is 5.75 Å². The van der Waals surface area contributed by atoms with Crippen molar-refractivity contribution < 1.29 is 5.11 Å². The van der Waals surface area contributed by atoms with Gasteiger partial charge in [-0.25, -0.2) is 0 Å². The second-order valence-electron chi connectivity index (χ2n) is 5.53. The highest BCUT2D eigenvalue weighted by atomic mass is 79.9. The summed E-state index contributed by atoms with van der Waals surface area (Å²) in [6.45, 7) is 8.61. The predicted octanol–water partition coefficient (Wildman–Crippen LogP) is 5.52. The van der Waals surface area contributed by atoms with Gasteiger partial charge < -0.3 is 10.4 Å². The molecule has 1 aliphatic heterocycles. The van der Waals surface area contributed by atoms with Gasteiger partial charge in [0.1, 0.15) is 5.75 Å². The van der Waals surface area contributed by atoms with Crippen LogP contribution >= 0.6 is 72.6 Å². The maximum Gasteiger partial charge on any atom is 0.144 e. The third-order valence-corrected chi connectivity index (χ3v) is 6.27. The lowest BCUT2D eigenvalue weighted by Gasteiger charge is -2.39. The Labute approximate surface area is 176 Å². The summed E-state index contributed by atoms with van der Waals surface area (Å²) in [6.07, 6.45) is 1.10. The van der Waals surface area contributed by atoms with E-state index in [0.29, 0.717) is 16.4 Å². The summed E-state index contributed by atoms with van der Waals surface area (Å²) >= 11 is 10.7. The van der Waals surface area contributed by atoms with Crippen LogP contribution in [0.4, 0.5) is 0 Å². The molecule has 0 spiro atoms. The van der Waals surface area contributed by atoms with Gasteiger partial charge in [0.05, 0.1) is 8.95 Å². The smallest absolute Gasteiger partial charge is 0.144 e. The zero-order valence-corrected chi connectivity index (χ0v) is 19.5. The molecule has 1 saturated heterocycles. The van der Waals surface area contributed by atoms with Crippen molar-refractivity contribution in [1.29, 1.82) is 0 Å². The molecule has 1 aromatic rings. The Morgan fingerprint density at radius 1 is 1.17 bits per heavy atom. The third kappa shape index (κ3) is 5.47. The van der Waals surface area contributed by atoms with Crippen LogP contribution < -0.4 is 5.32 Å². The summed E-state index contributed by atoms with van der Waals surface area (Å²) in [5.74, 6) is 0.785. The largest absolute Gasteiger partial charge is 0.506 e. The molecule has 1 aliphatic rings. The molecule has 134 valence electrons. The Morgan fingerprint density at radius 2 is 1.74 bits per heavy atom. The predicted molar refractivity (Wildman–Crippen MR) is 112 cm³/mol. The maximum atomic E-state index is 10.3. The first-order valence-electron chi connectivity index (χ1n) is 7.28. The third-order valence-electron chi connectivity index (χ3n) is 4.21. The van der Waals surface area contributed by atoms with E-state index < -0.39 is 0 Å². The van der Waals surface area contributed by atoms with E-state index in [4.69, 9.17) is 0 Å². The highest BCUT2D eigenvalue weighted by Gasteiger charge is 2.31. The number of phenolic OH excluding ortho intramolecular Hbond substituents is 1. The van der Waals surface area contributed by atoms with Gasteiger partial charge in [0.25, 0.3) is 0 Å². The van der Waals surface area contributed by atoms with Gasteiger partial charge >= 0.3 is 0 Å². The summed E-state index contributed by atoms with van der Waals surface area (Å²) in [5, 5.41) is 13.7. The minimum absolute atomic E-state index is 0. The van der Waals surface area contributed by atoms with Gasteiger partial charge in [-0.1, -0.05) is 36.2 Å². The molecule has 23 heavy (non-hydrogen) atoms. The van der Waals surface area contributed by atoms with Crippen LogP contribution in [0, 0.1) is 5.92 Å². The van der Waals surface area contributed by atoms with E-state index in [9.17, 15) is 5.11 Å². The molecular weight excluding hydrogens is 535 g/mol. The molecule has 3 nitrogen and oxygen atoms in total. The molecule has 0 aromatic heterocycles. The summed E-state index contributed by atoms with van der Waals surface area (Å²) in [6, 6.07) is 2.23. The van der Waals surface area contributed by atoms with Gasteiger partial charge in [-0.2, -0.15) is 0 Å². The summed E-state index contributed by atoms with van der Waals surface area (Å²) in [5.41, 5.74) is 1.15. The first-order chi connectivity index (χ1) is 9.97. The number of rotatable bonds is 4. The van der Waals surface area contributed by atoms with Crippen molar-refractivity contribution in [2.75, 3.05) is 26.2 Å². The topological polar surface area (TPSA) is 35.5 Å². The lowest BCUT2D eigenvalue weighted by molar-refractivity contribution is 0.127. The van der Waals surface area contributed by atoms with E-state index in [2.05, 4.69) is 71.9 Å². The molecule has 0 saturated carbocycles. The van der Waals surface area contributed by atoms with Crippen molar-refractivity contribution in [1.82, 2.24) is 10.2 Å². The molecule has 1 fully saturated rings. The maximum absolute atomic E-state index is 10.3. The normalized spacial score (nSPS) is 17.8. The van der Waals surface area contributed by atoms with Crippen LogP contribution in [0.3, 0.4) is 0 Å². The van der Waals surface area contributed by atoms with Crippen LogP contribution in [0.1, 0.15) is 31.9 Å². The minimum atomic E-state index is 0. The first-order valence-corrected chi connectivity index (χ1v) is 9.66. The fourth-order valence-corrected chi connectivity index (χ4v) is 5.47. The van der Waals surface area contributed by atoms with Crippen molar-refractivity contribution in [3.63, 3.8) is 0 Å². The minimum Gasteiger partial charge on any atom is -0.506 e. The molecule has 2 atom stereocenters. The van der Waals surface area contributed by atoms with Gasteiger partial charge in [0.15, 0.2) is 0 Å². The average molecular weight is 558 g/mol. The van der Waals surface area contributed by atoms with Crippen LogP contribution in [-0.4, -0.2) is 36.2 Å². The number of hydrogen-bond donors (Lipinski definition) is 2. The Kier molecular flexibility index (Phi) is 11.3. The Hall–Kier alpha value is 0.960. The van der Waals surface area contributed by atoms with Crippen LogP contribution in [0.5, 0.6) is 5.75 Å². The number of piperazine rings is 1. The molecule has 2 rings (SSSR count). The molecule has 8 heteroatoms. The van der Waals surface area contributed by atoms with Crippen LogP contribution in [0.15, 0.2) is 19.5 Å². The number of phenols is 1. The van der Waals surface area contributed by atoms with Gasteiger partial charge in [0, 0.05) is 42.3 Å². The van der Waals surface area contributed by atoms with Gasteiger partial charge in [-0.05, 0) is 43.8 Å². The molecule has 1 heterocycles. The van der Waals surface area contributed by atoms with E-state index in [1.165, 1.54) is 0 Å². The zero-order chi connectivity index (χ0) is 15.6. The second-order valence-corrected chi connectivity index (χ2v) is 8.03. The van der Waals surface area contributed by atoms with Gasteiger partial charge in [-0.3, -0.25) is 4.90 Å². The molecule has 1 unspecified atom stereocenters. The number of hydrogen-bond acceptors (Lipinski definition) is 3. The van der Waals surface area contributed by atoms with Crippen molar-refractivity contribution in [2.24, 2.45) is 5.92 Å². The Balaban J connectivity index is 0.00000242. The Morgan fingerprint density at radius 3 is 2.26 bits per heavy atom. The van der Waals surface area contributed by atoms with Gasteiger partial charge in [-0.15, -0.1) is 24.8 Å². The summed E-state index contributed by atoms with van der Waals surface area (Å²) in [4.78, 5) is 2.52. The van der Waals surface area contributed by atoms with Crippen molar-refractivity contribution in [2.45, 2.75) is 26.3 Å². The van der Waals surface area contributed by atoms with Crippen molar-refractivity contribution in [3.05, 3.63) is 25.0 Å². The SMILES string of the molecule is CCC(C)[C@H](c1c(Br)cc(Br)c(O)c1Br)N1CCNCC1.Cl.Cl. The Bertz CT molecular complexity index is 514. The number of benzene rings is 1. The molecular formula is C15H23Br3Cl2N2O. The standard InChI is InChI=1S/C15H21Br3N2O.2ClH/c1-3-9(2)14(20-6-4-19-5-7-20)12-10(16)8-11(17)15(21)13(12)18;;/h8-9,14,19,21H,3-7H2,1-2H3;2*1H/t9?,14-;;/m1../s1. The van der Waals surface area contributed by atoms with Crippen LogP contribution in [0.25, 0.3) is 0 Å². The highest BCUT2D eigenvalue weighted by molar-refractivity contribution is 9.11. The summed E-state index contributed by atoms with van der Waals surface area (Å²) < 4.78 is 2.52. The molecule has 1 aromatic carbocycles. The van der Waals surface area contributed by atoms with E-state index in [1.807, 2.05) is 6.07 Å². The average Bonchev–Trinajstić information content (AvgIpc) is 2.49. The fraction of sp³-hybridized carbons (Fsp3) is 0.600. The molecule has 0 aliphatic carbocycles. The van der Waals surface area contributed by atoms with Crippen LogP contribution in [-0.2, 0) is 0 Å². The molecule has 0 amide bonds. The van der Waals surface area contributed by atoms with E-state index in [1.54, 1.807) is 0 Å². The monoisotopic (exact) mass is 554 g/mol. The van der Waals surface area contributed by atoms with Gasteiger partial charge in [0.2, 0.25) is 0 Å². The molecule has 2 N–H and O–H groups in total. The lowest BCUT2D eigenvalue weighted by Crippen LogP contribution is -2.46. The molecule has 0 radical (unpaired) electrons. The first kappa shape index (κ1) is 24.0. The summed E-state index contributed by atoms with van der Waals surface area (Å²) in [7, 11) is 0. The quantitative estimate of drug-likeness (QED) is 0.512.